The van der Waals surface area contributed by atoms with E-state index in [2.05, 4.69) is 15.0 Å². The normalized spacial score (nSPS) is 26.9. The fourth-order valence-electron chi connectivity index (χ4n) is 5.70. The van der Waals surface area contributed by atoms with Gasteiger partial charge in [-0.2, -0.15) is 13.2 Å². The number of nitrogens with zero attached hydrogens (tertiary/aromatic N) is 4. The van der Waals surface area contributed by atoms with E-state index in [1.54, 1.807) is 18.5 Å². The molecule has 0 radical (unpaired) electrons. The lowest BCUT2D eigenvalue weighted by atomic mass is 9.73. The van der Waals surface area contributed by atoms with E-state index >= 15 is 0 Å². The van der Waals surface area contributed by atoms with Crippen molar-refractivity contribution in [3.63, 3.8) is 0 Å². The van der Waals surface area contributed by atoms with Gasteiger partial charge in [-0.3, -0.25) is 14.8 Å². The summed E-state index contributed by atoms with van der Waals surface area (Å²) in [6, 6.07) is 9.48. The third-order valence-electron chi connectivity index (χ3n) is 7.43. The number of halogens is 3. The Kier molecular flexibility index (Phi) is 4.49. The van der Waals surface area contributed by atoms with Gasteiger partial charge in [-0.15, -0.1) is 0 Å². The van der Waals surface area contributed by atoms with Crippen LogP contribution in [0.1, 0.15) is 34.5 Å². The van der Waals surface area contributed by atoms with Crippen molar-refractivity contribution in [3.8, 4) is 17.1 Å². The highest BCUT2D eigenvalue weighted by atomic mass is 19.4. The Balaban J connectivity index is 1.26. The van der Waals surface area contributed by atoms with E-state index in [-0.39, 0.29) is 29.3 Å². The highest BCUT2D eigenvalue weighted by Gasteiger charge is 2.76. The number of hydrogen-bond donors (Lipinski definition) is 0. The molecule has 0 N–H and O–H groups in total. The molecule has 6 rings (SSSR count). The van der Waals surface area contributed by atoms with Crippen LogP contribution in [0, 0.1) is 18.3 Å². The predicted molar refractivity (Wildman–Crippen MR) is 116 cm³/mol. The van der Waals surface area contributed by atoms with Gasteiger partial charge in [-0.25, -0.2) is 4.98 Å². The van der Waals surface area contributed by atoms with Crippen LogP contribution in [0.15, 0.2) is 55.0 Å². The number of pyridine rings is 3. The topological polar surface area (TPSA) is 68.2 Å². The molecule has 6 nitrogen and oxygen atoms in total. The van der Waals surface area contributed by atoms with Gasteiger partial charge in [0, 0.05) is 42.2 Å². The number of alkyl halides is 3. The fourth-order valence-corrected chi connectivity index (χ4v) is 5.70. The van der Waals surface area contributed by atoms with Gasteiger partial charge in [0.1, 0.15) is 11.8 Å². The second kappa shape index (κ2) is 7.25. The smallest absolute Gasteiger partial charge is 0.417 e. The molecule has 4 unspecified atom stereocenters. The van der Waals surface area contributed by atoms with Crippen LogP contribution in [-0.2, 0) is 6.18 Å². The summed E-state index contributed by atoms with van der Waals surface area (Å²) in [7, 11) is 0. The number of carbonyl (C=O) groups excluding carboxylic acids is 1. The van der Waals surface area contributed by atoms with Crippen LogP contribution in [0.25, 0.3) is 11.3 Å². The molecule has 2 aliphatic carbocycles. The third kappa shape index (κ3) is 3.17. The zero-order chi connectivity index (χ0) is 23.7. The number of carbonyl (C=O) groups is 1. The molecule has 1 amide bonds. The SMILES string of the molecule is Cc1cccnc1-c1cccnc1C(=O)N1CC2CC23CC(Oc2ccc(C(F)(F)F)cn2)C13. The zero-order valence-corrected chi connectivity index (χ0v) is 18.3. The van der Waals surface area contributed by atoms with E-state index < -0.39 is 11.7 Å². The molecule has 3 aliphatic rings. The Morgan fingerprint density at radius 3 is 2.62 bits per heavy atom. The van der Waals surface area contributed by atoms with Gasteiger partial charge in [0.05, 0.1) is 17.3 Å². The van der Waals surface area contributed by atoms with Crippen molar-refractivity contribution in [1.29, 1.82) is 0 Å². The Morgan fingerprint density at radius 1 is 1.09 bits per heavy atom. The van der Waals surface area contributed by atoms with Crippen molar-refractivity contribution in [2.24, 2.45) is 11.3 Å². The maximum atomic E-state index is 13.7. The summed E-state index contributed by atoms with van der Waals surface area (Å²) in [5, 5.41) is 0. The summed E-state index contributed by atoms with van der Waals surface area (Å²) in [6.45, 7) is 2.57. The van der Waals surface area contributed by atoms with Gasteiger partial charge < -0.3 is 9.64 Å². The van der Waals surface area contributed by atoms with E-state index in [9.17, 15) is 18.0 Å². The molecule has 3 aromatic rings. The van der Waals surface area contributed by atoms with Crippen LogP contribution in [0.2, 0.25) is 0 Å². The van der Waals surface area contributed by atoms with Crippen molar-refractivity contribution in [2.75, 3.05) is 6.54 Å². The van der Waals surface area contributed by atoms with Gasteiger partial charge in [0.2, 0.25) is 5.88 Å². The summed E-state index contributed by atoms with van der Waals surface area (Å²) < 4.78 is 44.5. The first-order valence-corrected chi connectivity index (χ1v) is 11.2. The molecule has 9 heteroatoms. The van der Waals surface area contributed by atoms with E-state index in [1.165, 1.54) is 6.07 Å². The van der Waals surface area contributed by atoms with Gasteiger partial charge in [-0.1, -0.05) is 6.07 Å². The minimum absolute atomic E-state index is 0.0437. The van der Waals surface area contributed by atoms with Crippen LogP contribution in [0.3, 0.4) is 0 Å². The molecular formula is C25H21F3N4O2. The summed E-state index contributed by atoms with van der Waals surface area (Å²) in [4.78, 5) is 28.2. The number of aromatic nitrogens is 3. The quantitative estimate of drug-likeness (QED) is 0.565. The third-order valence-corrected chi connectivity index (χ3v) is 7.43. The van der Waals surface area contributed by atoms with Crippen LogP contribution in [-0.4, -0.2) is 44.4 Å². The predicted octanol–water partition coefficient (Wildman–Crippen LogP) is 4.55. The van der Waals surface area contributed by atoms with Crippen molar-refractivity contribution >= 4 is 5.91 Å². The highest BCUT2D eigenvalue weighted by Crippen LogP contribution is 2.71. The maximum Gasteiger partial charge on any atom is 0.417 e. The number of aryl methyl sites for hydroxylation is 1. The number of amides is 1. The van der Waals surface area contributed by atoms with Crippen molar-refractivity contribution in [2.45, 2.75) is 38.1 Å². The molecule has 1 aliphatic heterocycles. The average Bonchev–Trinajstić information content (AvgIpc) is 3.47. The maximum absolute atomic E-state index is 13.7. The Labute approximate surface area is 193 Å². The lowest BCUT2D eigenvalue weighted by molar-refractivity contribution is -0.137. The Bertz CT molecular complexity index is 1280. The molecule has 3 fully saturated rings. The fraction of sp³-hybridized carbons (Fsp3) is 0.360. The Morgan fingerprint density at radius 2 is 1.88 bits per heavy atom. The largest absolute Gasteiger partial charge is 0.472 e. The second-order valence-corrected chi connectivity index (χ2v) is 9.35. The summed E-state index contributed by atoms with van der Waals surface area (Å²) in [6.07, 6.45) is 1.10. The highest BCUT2D eigenvalue weighted by molar-refractivity contribution is 5.99. The molecule has 2 saturated carbocycles. The van der Waals surface area contributed by atoms with Gasteiger partial charge in [0.25, 0.3) is 5.91 Å². The number of likely N-dealkylation sites (tertiary alicyclic amines) is 1. The molecule has 0 bridgehead atoms. The first kappa shape index (κ1) is 21.1. The number of hydrogen-bond acceptors (Lipinski definition) is 5. The minimum atomic E-state index is -4.45. The summed E-state index contributed by atoms with van der Waals surface area (Å²) in [5.74, 6) is 0.378. The van der Waals surface area contributed by atoms with Gasteiger partial charge >= 0.3 is 6.18 Å². The zero-order valence-electron chi connectivity index (χ0n) is 18.3. The molecule has 0 aromatic carbocycles. The Hall–Kier alpha value is -3.49. The van der Waals surface area contributed by atoms with E-state index in [0.29, 0.717) is 29.4 Å². The summed E-state index contributed by atoms with van der Waals surface area (Å²) in [5.41, 5.74) is 1.91. The average molecular weight is 466 g/mol. The number of piperidine rings is 1. The molecular weight excluding hydrogens is 445 g/mol. The number of rotatable bonds is 4. The molecule has 3 aromatic heterocycles. The lowest BCUT2D eigenvalue weighted by Crippen LogP contribution is -2.59. The molecule has 1 spiro atoms. The van der Waals surface area contributed by atoms with Gasteiger partial charge in [0.15, 0.2) is 0 Å². The molecule has 4 heterocycles. The van der Waals surface area contributed by atoms with Gasteiger partial charge in [-0.05, 0) is 55.5 Å². The molecule has 174 valence electrons. The van der Waals surface area contributed by atoms with E-state index in [1.807, 2.05) is 30.0 Å². The van der Waals surface area contributed by atoms with Crippen LogP contribution < -0.4 is 4.74 Å². The van der Waals surface area contributed by atoms with E-state index in [0.717, 1.165) is 30.7 Å². The standard InChI is InChI=1S/C25H21F3N4O2/c1-14-4-2-8-29-20(14)17-5-3-9-30-21(17)23(33)32-13-16-10-24(16)11-18(22(24)32)34-19-7-6-15(12-31-19)25(26,27)28/h2-9,12,16,18,22H,10-11,13H2,1H3. The van der Waals surface area contributed by atoms with Crippen molar-refractivity contribution in [3.05, 3.63) is 71.8 Å². The van der Waals surface area contributed by atoms with Crippen LogP contribution >= 0.6 is 0 Å². The summed E-state index contributed by atoms with van der Waals surface area (Å²) >= 11 is 0. The van der Waals surface area contributed by atoms with E-state index in [4.69, 9.17) is 4.74 Å². The first-order chi connectivity index (χ1) is 16.3. The number of ether oxygens (including phenoxy) is 1. The van der Waals surface area contributed by atoms with Crippen molar-refractivity contribution in [1.82, 2.24) is 19.9 Å². The monoisotopic (exact) mass is 466 g/mol. The second-order valence-electron chi connectivity index (χ2n) is 9.35. The molecule has 1 saturated heterocycles. The first-order valence-electron chi connectivity index (χ1n) is 11.2. The molecule has 4 atom stereocenters. The minimum Gasteiger partial charge on any atom is -0.472 e. The lowest BCUT2D eigenvalue weighted by Gasteiger charge is -2.46. The van der Waals surface area contributed by atoms with Crippen LogP contribution in [0.4, 0.5) is 13.2 Å². The van der Waals surface area contributed by atoms with Crippen molar-refractivity contribution < 1.29 is 22.7 Å². The van der Waals surface area contributed by atoms with Crippen LogP contribution in [0.5, 0.6) is 5.88 Å². The molecule has 34 heavy (non-hydrogen) atoms.